The molecule has 0 unspecified atom stereocenters. The minimum atomic E-state index is 0.385. The fraction of sp³-hybridized carbons (Fsp3) is 0.667. The number of hydrogen-bond donors (Lipinski definition) is 1. The van der Waals surface area contributed by atoms with E-state index in [2.05, 4.69) is 16.9 Å². The Bertz CT molecular complexity index is 258. The second-order valence-corrected chi connectivity index (χ2v) is 3.82. The van der Waals surface area contributed by atoms with Crippen LogP contribution in [0.25, 0.3) is 0 Å². The lowest BCUT2D eigenvalue weighted by Crippen LogP contribution is -1.86. The average molecular weight is 221 g/mol. The molecule has 0 radical (unpaired) electrons. The minimum absolute atomic E-state index is 0.385. The summed E-state index contributed by atoms with van der Waals surface area (Å²) in [6, 6.07) is 0. The van der Waals surface area contributed by atoms with Crippen LogP contribution in [-0.2, 0) is 6.42 Å². The third-order valence-electron chi connectivity index (χ3n) is 1.98. The number of rotatable bonds is 5. The molecule has 0 atom stereocenters. The number of unbranched alkanes of at least 4 members (excludes halogenated alkanes) is 3. The zero-order valence-electron chi connectivity index (χ0n) is 7.74. The highest BCUT2D eigenvalue weighted by Gasteiger charge is 2.05. The minimum Gasteiger partial charge on any atom is -0.331 e. The van der Waals surface area contributed by atoms with E-state index in [4.69, 9.17) is 23.2 Å². The van der Waals surface area contributed by atoms with E-state index in [1.807, 2.05) is 0 Å². The van der Waals surface area contributed by atoms with Crippen LogP contribution in [0.2, 0.25) is 10.4 Å². The van der Waals surface area contributed by atoms with Gasteiger partial charge >= 0.3 is 0 Å². The van der Waals surface area contributed by atoms with Gasteiger partial charge in [-0.05, 0) is 24.4 Å². The molecule has 0 aliphatic carbocycles. The number of H-pyrrole nitrogens is 1. The normalized spacial score (nSPS) is 10.7. The van der Waals surface area contributed by atoms with Gasteiger partial charge in [-0.3, -0.25) is 0 Å². The number of hydrogen-bond acceptors (Lipinski definition) is 1. The molecule has 0 saturated carbocycles. The third-order valence-corrected chi connectivity index (χ3v) is 2.47. The van der Waals surface area contributed by atoms with Crippen LogP contribution < -0.4 is 0 Å². The van der Waals surface area contributed by atoms with Crippen molar-refractivity contribution < 1.29 is 0 Å². The topological polar surface area (TPSA) is 28.7 Å². The number of nitrogens with one attached hydrogen (secondary N) is 1. The summed E-state index contributed by atoms with van der Waals surface area (Å²) in [7, 11) is 0. The van der Waals surface area contributed by atoms with E-state index in [1.54, 1.807) is 0 Å². The van der Waals surface area contributed by atoms with Crippen molar-refractivity contribution in [3.8, 4) is 0 Å². The van der Waals surface area contributed by atoms with Crippen LogP contribution >= 0.6 is 23.2 Å². The van der Waals surface area contributed by atoms with Crippen LogP contribution in [0.1, 0.15) is 38.3 Å². The van der Waals surface area contributed by atoms with Crippen molar-refractivity contribution in [1.82, 2.24) is 9.97 Å². The van der Waals surface area contributed by atoms with Crippen molar-refractivity contribution in [2.75, 3.05) is 0 Å². The van der Waals surface area contributed by atoms with Gasteiger partial charge in [-0.25, -0.2) is 4.98 Å². The smallest absolute Gasteiger partial charge is 0.201 e. The average Bonchev–Trinajstić information content (AvgIpc) is 2.39. The molecule has 1 heterocycles. The first-order chi connectivity index (χ1) is 6.24. The summed E-state index contributed by atoms with van der Waals surface area (Å²) in [6.45, 7) is 2.19. The molecular weight excluding hydrogens is 207 g/mol. The zero-order valence-corrected chi connectivity index (χ0v) is 9.25. The Hall–Kier alpha value is -0.210. The number of halogens is 2. The summed E-state index contributed by atoms with van der Waals surface area (Å²) in [4.78, 5) is 6.83. The van der Waals surface area contributed by atoms with Gasteiger partial charge in [0.05, 0.1) is 5.69 Å². The molecule has 1 rings (SSSR count). The van der Waals surface area contributed by atoms with Crippen LogP contribution in [0.3, 0.4) is 0 Å². The Balaban J connectivity index is 2.32. The molecule has 1 aromatic rings. The number of imidazole rings is 1. The zero-order chi connectivity index (χ0) is 9.68. The standard InChI is InChI=1S/C9H14Cl2N2/c1-2-3-4-5-6-7-8(10)13-9(11)12-7/h2-6H2,1H3,(H,12,13). The highest BCUT2D eigenvalue weighted by molar-refractivity contribution is 6.32. The Morgan fingerprint density at radius 3 is 2.54 bits per heavy atom. The molecule has 0 aliphatic rings. The van der Waals surface area contributed by atoms with Crippen LogP contribution in [0, 0.1) is 0 Å². The fourth-order valence-electron chi connectivity index (χ4n) is 1.25. The van der Waals surface area contributed by atoms with E-state index >= 15 is 0 Å². The molecule has 13 heavy (non-hydrogen) atoms. The van der Waals surface area contributed by atoms with Gasteiger partial charge in [0.2, 0.25) is 5.28 Å². The van der Waals surface area contributed by atoms with E-state index in [0.29, 0.717) is 10.4 Å². The highest BCUT2D eigenvalue weighted by Crippen LogP contribution is 2.18. The molecule has 0 spiro atoms. The van der Waals surface area contributed by atoms with E-state index in [0.717, 1.165) is 18.5 Å². The molecule has 0 aromatic carbocycles. The van der Waals surface area contributed by atoms with Crippen molar-refractivity contribution >= 4 is 23.2 Å². The SMILES string of the molecule is CCCCCCc1[nH]c(Cl)nc1Cl. The molecule has 0 bridgehead atoms. The monoisotopic (exact) mass is 220 g/mol. The van der Waals surface area contributed by atoms with Crippen molar-refractivity contribution in [2.24, 2.45) is 0 Å². The first kappa shape index (κ1) is 10.9. The summed E-state index contributed by atoms with van der Waals surface area (Å²) in [6.07, 6.45) is 5.85. The molecule has 2 nitrogen and oxygen atoms in total. The fourth-order valence-corrected chi connectivity index (χ4v) is 1.72. The summed E-state index contributed by atoms with van der Waals surface area (Å²) >= 11 is 11.5. The number of nitrogens with zero attached hydrogens (tertiary/aromatic N) is 1. The quantitative estimate of drug-likeness (QED) is 0.752. The van der Waals surface area contributed by atoms with Crippen LogP contribution in [-0.4, -0.2) is 9.97 Å². The van der Waals surface area contributed by atoms with Gasteiger partial charge in [0.1, 0.15) is 0 Å². The second-order valence-electron chi connectivity index (χ2n) is 3.11. The van der Waals surface area contributed by atoms with Gasteiger partial charge in [-0.2, -0.15) is 0 Å². The molecule has 0 saturated heterocycles. The molecular formula is C9H14Cl2N2. The lowest BCUT2D eigenvalue weighted by molar-refractivity contribution is 0.662. The molecule has 74 valence electrons. The maximum atomic E-state index is 5.83. The predicted molar refractivity (Wildman–Crippen MR) is 56.5 cm³/mol. The second kappa shape index (κ2) is 5.51. The molecule has 1 aromatic heterocycles. The molecule has 4 heteroatoms. The van der Waals surface area contributed by atoms with Gasteiger partial charge in [0.15, 0.2) is 5.15 Å². The van der Waals surface area contributed by atoms with Gasteiger partial charge in [0.25, 0.3) is 0 Å². The first-order valence-electron chi connectivity index (χ1n) is 4.64. The summed E-state index contributed by atoms with van der Waals surface area (Å²) in [5, 5.41) is 0.900. The van der Waals surface area contributed by atoms with Gasteiger partial charge in [-0.15, -0.1) is 0 Å². The summed E-state index contributed by atoms with van der Waals surface area (Å²) < 4.78 is 0. The largest absolute Gasteiger partial charge is 0.331 e. The predicted octanol–water partition coefficient (Wildman–Crippen LogP) is 3.84. The van der Waals surface area contributed by atoms with Crippen LogP contribution in [0.15, 0.2) is 0 Å². The van der Waals surface area contributed by atoms with Crippen molar-refractivity contribution in [3.05, 3.63) is 16.1 Å². The van der Waals surface area contributed by atoms with E-state index < -0.39 is 0 Å². The van der Waals surface area contributed by atoms with Crippen LogP contribution in [0.4, 0.5) is 0 Å². The molecule has 0 fully saturated rings. The Labute approximate surface area is 88.7 Å². The Kier molecular flexibility index (Phi) is 4.60. The first-order valence-corrected chi connectivity index (χ1v) is 5.39. The number of aryl methyl sites for hydroxylation is 1. The lowest BCUT2D eigenvalue weighted by Gasteiger charge is -1.97. The van der Waals surface area contributed by atoms with Crippen molar-refractivity contribution in [2.45, 2.75) is 39.0 Å². The van der Waals surface area contributed by atoms with Crippen LogP contribution in [0.5, 0.6) is 0 Å². The third kappa shape index (κ3) is 3.57. The Morgan fingerprint density at radius 1 is 1.23 bits per heavy atom. The van der Waals surface area contributed by atoms with E-state index in [-0.39, 0.29) is 0 Å². The maximum Gasteiger partial charge on any atom is 0.201 e. The highest BCUT2D eigenvalue weighted by atomic mass is 35.5. The molecule has 0 aliphatic heterocycles. The Morgan fingerprint density at radius 2 is 2.00 bits per heavy atom. The van der Waals surface area contributed by atoms with Gasteiger partial charge in [-0.1, -0.05) is 37.8 Å². The maximum absolute atomic E-state index is 5.83. The summed E-state index contributed by atoms with van der Waals surface area (Å²) in [5.41, 5.74) is 0.961. The summed E-state index contributed by atoms with van der Waals surface area (Å²) in [5.74, 6) is 0. The van der Waals surface area contributed by atoms with E-state index in [9.17, 15) is 0 Å². The molecule has 0 amide bonds. The number of aromatic amines is 1. The molecule has 1 N–H and O–H groups in total. The van der Waals surface area contributed by atoms with Crippen molar-refractivity contribution in [3.63, 3.8) is 0 Å². The van der Waals surface area contributed by atoms with Gasteiger partial charge in [0, 0.05) is 0 Å². The van der Waals surface area contributed by atoms with E-state index in [1.165, 1.54) is 19.3 Å². The lowest BCUT2D eigenvalue weighted by atomic mass is 10.1. The number of aromatic nitrogens is 2. The van der Waals surface area contributed by atoms with Crippen molar-refractivity contribution in [1.29, 1.82) is 0 Å². The van der Waals surface area contributed by atoms with Gasteiger partial charge < -0.3 is 4.98 Å².